The molecule has 1 N–H and O–H groups in total. The molecule has 0 radical (unpaired) electrons. The van der Waals surface area contributed by atoms with E-state index in [-0.39, 0.29) is 0 Å². The van der Waals surface area contributed by atoms with E-state index in [2.05, 4.69) is 58.8 Å². The molecule has 3 aromatic rings. The van der Waals surface area contributed by atoms with E-state index >= 15 is 0 Å². The first-order chi connectivity index (χ1) is 10.4. The van der Waals surface area contributed by atoms with Gasteiger partial charge < -0.3 is 5.32 Å². The van der Waals surface area contributed by atoms with E-state index in [1.807, 2.05) is 19.4 Å². The maximum Gasteiger partial charge on any atom is 0.0412 e. The van der Waals surface area contributed by atoms with Gasteiger partial charge in [0.2, 0.25) is 0 Å². The van der Waals surface area contributed by atoms with E-state index < -0.39 is 0 Å². The number of rotatable bonds is 3. The Hall–Kier alpha value is -2.19. The number of pyridine rings is 1. The number of aromatic nitrogens is 1. The Morgan fingerprint density at radius 3 is 2.71 bits per heavy atom. The third-order valence-corrected chi connectivity index (χ3v) is 4.64. The number of fused-ring (bicyclic) bond motifs is 2. The van der Waals surface area contributed by atoms with Crippen LogP contribution in [0, 0.1) is 0 Å². The molecule has 104 valence electrons. The monoisotopic (exact) mass is 274 g/mol. The molecule has 2 unspecified atom stereocenters. The first-order valence-corrected chi connectivity index (χ1v) is 7.46. The van der Waals surface area contributed by atoms with Crippen LogP contribution < -0.4 is 5.32 Å². The summed E-state index contributed by atoms with van der Waals surface area (Å²) in [4.78, 5) is 4.44. The van der Waals surface area contributed by atoms with Gasteiger partial charge in [-0.15, -0.1) is 0 Å². The van der Waals surface area contributed by atoms with Crippen LogP contribution in [-0.4, -0.2) is 12.0 Å². The molecule has 2 nitrogen and oxygen atoms in total. The predicted octanol–water partition coefficient (Wildman–Crippen LogP) is 3.84. The second kappa shape index (κ2) is 4.97. The third-order valence-electron chi connectivity index (χ3n) is 4.64. The van der Waals surface area contributed by atoms with Crippen molar-refractivity contribution in [3.63, 3.8) is 0 Å². The lowest BCUT2D eigenvalue weighted by atomic mass is 9.71. The van der Waals surface area contributed by atoms with Crippen molar-refractivity contribution >= 4 is 10.8 Å². The molecule has 0 fully saturated rings. The summed E-state index contributed by atoms with van der Waals surface area (Å²) >= 11 is 0. The van der Waals surface area contributed by atoms with Gasteiger partial charge in [0.1, 0.15) is 0 Å². The fraction of sp³-hybridized carbons (Fsp3) is 0.211. The van der Waals surface area contributed by atoms with Crippen molar-refractivity contribution in [2.75, 3.05) is 7.05 Å². The standard InChI is InChI=1S/C19H18N2/c1-20-19(17-10-13-6-2-4-8-15(13)17)18-12-21-11-14-7-3-5-9-16(14)18/h2-9,11-12,17,19-20H,10H2,1H3. The molecule has 0 aliphatic heterocycles. The van der Waals surface area contributed by atoms with Crippen LogP contribution in [0.4, 0.5) is 0 Å². The normalized spacial score (nSPS) is 18.0. The highest BCUT2D eigenvalue weighted by molar-refractivity contribution is 5.85. The van der Waals surface area contributed by atoms with Crippen molar-refractivity contribution in [1.82, 2.24) is 10.3 Å². The summed E-state index contributed by atoms with van der Waals surface area (Å²) in [5.74, 6) is 0.541. The summed E-state index contributed by atoms with van der Waals surface area (Å²) < 4.78 is 0. The second-order valence-electron chi connectivity index (χ2n) is 5.73. The summed E-state index contributed by atoms with van der Waals surface area (Å²) in [6.07, 6.45) is 5.11. The smallest absolute Gasteiger partial charge is 0.0412 e. The van der Waals surface area contributed by atoms with Gasteiger partial charge in [0, 0.05) is 29.7 Å². The Labute approximate surface area is 124 Å². The topological polar surface area (TPSA) is 24.9 Å². The fourth-order valence-corrected chi connectivity index (χ4v) is 3.56. The minimum absolute atomic E-state index is 0.318. The lowest BCUT2D eigenvalue weighted by Gasteiger charge is -2.37. The van der Waals surface area contributed by atoms with Crippen LogP contribution in [-0.2, 0) is 6.42 Å². The van der Waals surface area contributed by atoms with E-state index in [0.717, 1.165) is 6.42 Å². The number of nitrogens with zero attached hydrogens (tertiary/aromatic N) is 1. The molecule has 1 aliphatic rings. The van der Waals surface area contributed by atoms with Crippen LogP contribution in [0.2, 0.25) is 0 Å². The van der Waals surface area contributed by atoms with Crippen molar-refractivity contribution in [1.29, 1.82) is 0 Å². The molecule has 4 rings (SSSR count). The molecule has 0 bridgehead atoms. The maximum atomic E-state index is 4.44. The average Bonchev–Trinajstić information content (AvgIpc) is 2.52. The molecule has 0 amide bonds. The second-order valence-corrected chi connectivity index (χ2v) is 5.73. The van der Waals surface area contributed by atoms with Gasteiger partial charge in [-0.05, 0) is 35.5 Å². The minimum atomic E-state index is 0.318. The van der Waals surface area contributed by atoms with Crippen molar-refractivity contribution in [2.24, 2.45) is 0 Å². The van der Waals surface area contributed by atoms with Crippen LogP contribution >= 0.6 is 0 Å². The predicted molar refractivity (Wildman–Crippen MR) is 86.4 cm³/mol. The van der Waals surface area contributed by atoms with Gasteiger partial charge in [0.15, 0.2) is 0 Å². The first-order valence-electron chi connectivity index (χ1n) is 7.46. The maximum absolute atomic E-state index is 4.44. The Morgan fingerprint density at radius 2 is 1.86 bits per heavy atom. The first kappa shape index (κ1) is 12.5. The highest BCUT2D eigenvalue weighted by Crippen LogP contribution is 2.44. The molecule has 0 saturated carbocycles. The van der Waals surface area contributed by atoms with Crippen LogP contribution in [0.3, 0.4) is 0 Å². The van der Waals surface area contributed by atoms with Gasteiger partial charge in [0.25, 0.3) is 0 Å². The Morgan fingerprint density at radius 1 is 1.05 bits per heavy atom. The zero-order chi connectivity index (χ0) is 14.2. The van der Waals surface area contributed by atoms with Crippen LogP contribution in [0.1, 0.15) is 28.7 Å². The number of nitrogens with one attached hydrogen (secondary N) is 1. The van der Waals surface area contributed by atoms with Crippen molar-refractivity contribution in [3.8, 4) is 0 Å². The van der Waals surface area contributed by atoms with Gasteiger partial charge in [-0.2, -0.15) is 0 Å². The molecule has 21 heavy (non-hydrogen) atoms. The quantitative estimate of drug-likeness (QED) is 0.785. The zero-order valence-electron chi connectivity index (χ0n) is 12.1. The summed E-state index contributed by atoms with van der Waals surface area (Å²) in [6, 6.07) is 17.6. The Kier molecular flexibility index (Phi) is 2.97. The van der Waals surface area contributed by atoms with E-state index in [1.54, 1.807) is 0 Å². The molecule has 1 aromatic heterocycles. The summed E-state index contributed by atoms with van der Waals surface area (Å²) in [7, 11) is 2.05. The third kappa shape index (κ3) is 1.95. The van der Waals surface area contributed by atoms with Crippen molar-refractivity contribution in [3.05, 3.63) is 77.6 Å². The van der Waals surface area contributed by atoms with Gasteiger partial charge >= 0.3 is 0 Å². The number of hydrogen-bond donors (Lipinski definition) is 1. The van der Waals surface area contributed by atoms with Crippen LogP contribution in [0.5, 0.6) is 0 Å². The van der Waals surface area contributed by atoms with Gasteiger partial charge in [0.05, 0.1) is 0 Å². The molecular formula is C19H18N2. The lowest BCUT2D eigenvalue weighted by molar-refractivity contribution is 0.440. The van der Waals surface area contributed by atoms with E-state index in [4.69, 9.17) is 0 Å². The van der Waals surface area contributed by atoms with Gasteiger partial charge in [-0.3, -0.25) is 4.98 Å². The fourth-order valence-electron chi connectivity index (χ4n) is 3.56. The Balaban J connectivity index is 1.80. The van der Waals surface area contributed by atoms with Gasteiger partial charge in [-0.1, -0.05) is 48.5 Å². The van der Waals surface area contributed by atoms with Crippen LogP contribution in [0.15, 0.2) is 60.9 Å². The SMILES string of the molecule is CNC(c1cncc2ccccc12)C1Cc2ccccc21. The molecule has 1 aliphatic carbocycles. The zero-order valence-corrected chi connectivity index (χ0v) is 12.1. The van der Waals surface area contributed by atoms with E-state index in [1.165, 1.54) is 27.5 Å². The lowest BCUT2D eigenvalue weighted by Crippen LogP contribution is -2.31. The molecule has 0 spiro atoms. The molecule has 2 aromatic carbocycles. The molecule has 2 heteroatoms. The number of benzene rings is 2. The summed E-state index contributed by atoms with van der Waals surface area (Å²) in [6.45, 7) is 0. The molecule has 0 saturated heterocycles. The van der Waals surface area contributed by atoms with E-state index in [9.17, 15) is 0 Å². The summed E-state index contributed by atoms with van der Waals surface area (Å²) in [5, 5.41) is 6.03. The summed E-state index contributed by atoms with van der Waals surface area (Å²) in [5.41, 5.74) is 4.26. The van der Waals surface area contributed by atoms with Crippen molar-refractivity contribution < 1.29 is 0 Å². The highest BCUT2D eigenvalue weighted by Gasteiger charge is 2.33. The molecular weight excluding hydrogens is 256 g/mol. The Bertz CT molecular complexity index is 789. The van der Waals surface area contributed by atoms with Crippen molar-refractivity contribution in [2.45, 2.75) is 18.4 Å². The number of likely N-dealkylation sites (N-methyl/N-ethyl adjacent to an activating group) is 1. The minimum Gasteiger partial charge on any atom is -0.312 e. The van der Waals surface area contributed by atoms with E-state index in [0.29, 0.717) is 12.0 Å². The highest BCUT2D eigenvalue weighted by atomic mass is 14.9. The largest absolute Gasteiger partial charge is 0.312 e. The average molecular weight is 274 g/mol. The number of hydrogen-bond acceptors (Lipinski definition) is 2. The molecule has 1 heterocycles. The van der Waals surface area contributed by atoms with Crippen LogP contribution in [0.25, 0.3) is 10.8 Å². The molecule has 2 atom stereocenters. The van der Waals surface area contributed by atoms with Gasteiger partial charge in [-0.25, -0.2) is 0 Å².